The molecular formula is C9H15F2NO3. The Hall–Kier alpha value is -0.750. The van der Waals surface area contributed by atoms with E-state index in [0.717, 1.165) is 0 Å². The van der Waals surface area contributed by atoms with Crippen molar-refractivity contribution in [3.05, 3.63) is 0 Å². The lowest BCUT2D eigenvalue weighted by molar-refractivity contribution is -0.145. The molecule has 1 saturated heterocycles. The van der Waals surface area contributed by atoms with Gasteiger partial charge in [0.25, 0.3) is 6.43 Å². The van der Waals surface area contributed by atoms with Gasteiger partial charge in [-0.3, -0.25) is 4.90 Å². The van der Waals surface area contributed by atoms with Crippen LogP contribution in [0.15, 0.2) is 0 Å². The van der Waals surface area contributed by atoms with Crippen molar-refractivity contribution in [2.75, 3.05) is 26.2 Å². The number of alkyl halides is 2. The normalized spacial score (nSPS) is 19.7. The van der Waals surface area contributed by atoms with Crippen LogP contribution in [0.2, 0.25) is 0 Å². The molecule has 0 unspecified atom stereocenters. The molecule has 0 saturated carbocycles. The third-order valence-corrected chi connectivity index (χ3v) is 2.37. The number of rotatable bonds is 5. The Labute approximate surface area is 86.8 Å². The summed E-state index contributed by atoms with van der Waals surface area (Å²) in [5.74, 6) is -0.995. The average molecular weight is 223 g/mol. The maximum absolute atomic E-state index is 12.0. The van der Waals surface area contributed by atoms with E-state index in [-0.39, 0.29) is 19.3 Å². The van der Waals surface area contributed by atoms with Gasteiger partial charge in [0, 0.05) is 13.1 Å². The summed E-state index contributed by atoms with van der Waals surface area (Å²) in [6.07, 6.45) is -1.16. The van der Waals surface area contributed by atoms with Crippen molar-refractivity contribution < 1.29 is 23.4 Å². The summed E-state index contributed by atoms with van der Waals surface area (Å²) >= 11 is 0. The van der Waals surface area contributed by atoms with Gasteiger partial charge >= 0.3 is 5.97 Å². The maximum Gasteiger partial charge on any atom is 0.329 e. The zero-order chi connectivity index (χ0) is 11.3. The first kappa shape index (κ1) is 12.3. The van der Waals surface area contributed by atoms with Gasteiger partial charge in [0.1, 0.15) is 6.61 Å². The summed E-state index contributed by atoms with van der Waals surface area (Å²) < 4.78 is 29.1. The molecule has 0 bridgehead atoms. The largest absolute Gasteiger partial charge is 0.480 e. The standard InChI is InChI=1S/C9H15F2NO3/c10-8(11)5-12-3-1-7(2-4-12)15-6-9(13)14/h7-8H,1-6H2,(H,13,14). The molecule has 6 heteroatoms. The number of carboxylic acid groups (broad SMARTS) is 1. The van der Waals surface area contributed by atoms with E-state index >= 15 is 0 Å². The maximum atomic E-state index is 12.0. The molecule has 0 aromatic carbocycles. The average Bonchev–Trinajstić information content (AvgIpc) is 2.16. The number of nitrogens with zero attached hydrogens (tertiary/aromatic N) is 1. The van der Waals surface area contributed by atoms with Gasteiger partial charge in [0.05, 0.1) is 12.6 Å². The summed E-state index contributed by atoms with van der Waals surface area (Å²) in [4.78, 5) is 11.9. The van der Waals surface area contributed by atoms with E-state index in [4.69, 9.17) is 9.84 Å². The topological polar surface area (TPSA) is 49.8 Å². The number of hydrogen-bond acceptors (Lipinski definition) is 3. The molecule has 0 aromatic heterocycles. The molecule has 0 aromatic rings. The third kappa shape index (κ3) is 5.03. The quantitative estimate of drug-likeness (QED) is 0.749. The van der Waals surface area contributed by atoms with Gasteiger partial charge in [-0.15, -0.1) is 0 Å². The van der Waals surface area contributed by atoms with Gasteiger partial charge in [0.2, 0.25) is 0 Å². The molecule has 1 fully saturated rings. The van der Waals surface area contributed by atoms with E-state index in [2.05, 4.69) is 0 Å². The first-order valence-electron chi connectivity index (χ1n) is 4.92. The number of halogens is 2. The fourth-order valence-electron chi connectivity index (χ4n) is 1.64. The third-order valence-electron chi connectivity index (χ3n) is 2.37. The van der Waals surface area contributed by atoms with Crippen molar-refractivity contribution in [1.29, 1.82) is 0 Å². The molecular weight excluding hydrogens is 208 g/mol. The predicted octanol–water partition coefficient (Wildman–Crippen LogP) is 0.817. The van der Waals surface area contributed by atoms with Crippen molar-refractivity contribution in [3.63, 3.8) is 0 Å². The molecule has 0 radical (unpaired) electrons. The Balaban J connectivity index is 2.15. The van der Waals surface area contributed by atoms with Gasteiger partial charge in [0.15, 0.2) is 0 Å². The Kier molecular flexibility index (Phi) is 4.90. The summed E-state index contributed by atoms with van der Waals surface area (Å²) in [7, 11) is 0. The van der Waals surface area contributed by atoms with Gasteiger partial charge < -0.3 is 9.84 Å². The lowest BCUT2D eigenvalue weighted by Crippen LogP contribution is -2.39. The smallest absolute Gasteiger partial charge is 0.329 e. The lowest BCUT2D eigenvalue weighted by Gasteiger charge is -2.31. The predicted molar refractivity (Wildman–Crippen MR) is 49.1 cm³/mol. The van der Waals surface area contributed by atoms with Gasteiger partial charge in [-0.25, -0.2) is 13.6 Å². The second kappa shape index (κ2) is 5.97. The van der Waals surface area contributed by atoms with E-state index in [1.807, 2.05) is 0 Å². The molecule has 1 aliphatic heterocycles. The van der Waals surface area contributed by atoms with E-state index in [1.54, 1.807) is 4.90 Å². The number of carbonyl (C=O) groups is 1. The van der Waals surface area contributed by atoms with Crippen molar-refractivity contribution in [2.24, 2.45) is 0 Å². The van der Waals surface area contributed by atoms with Crippen LogP contribution < -0.4 is 0 Å². The van der Waals surface area contributed by atoms with Crippen LogP contribution in [-0.4, -0.2) is 54.7 Å². The first-order valence-corrected chi connectivity index (χ1v) is 4.92. The molecule has 15 heavy (non-hydrogen) atoms. The zero-order valence-corrected chi connectivity index (χ0v) is 8.36. The second-order valence-corrected chi connectivity index (χ2v) is 3.60. The van der Waals surface area contributed by atoms with E-state index in [0.29, 0.717) is 25.9 Å². The summed E-state index contributed by atoms with van der Waals surface area (Å²) in [6, 6.07) is 0. The van der Waals surface area contributed by atoms with Crippen LogP contribution in [0.5, 0.6) is 0 Å². The van der Waals surface area contributed by atoms with Crippen molar-refractivity contribution in [3.8, 4) is 0 Å². The number of ether oxygens (including phenoxy) is 1. The van der Waals surface area contributed by atoms with E-state index in [9.17, 15) is 13.6 Å². The van der Waals surface area contributed by atoms with Crippen LogP contribution in [0, 0.1) is 0 Å². The van der Waals surface area contributed by atoms with Crippen LogP contribution in [0.1, 0.15) is 12.8 Å². The van der Waals surface area contributed by atoms with Gasteiger partial charge in [-0.2, -0.15) is 0 Å². The Morgan fingerprint density at radius 2 is 2.07 bits per heavy atom. The van der Waals surface area contributed by atoms with Crippen molar-refractivity contribution in [2.45, 2.75) is 25.4 Å². The molecule has 1 heterocycles. The van der Waals surface area contributed by atoms with Crippen molar-refractivity contribution in [1.82, 2.24) is 4.90 Å². The van der Waals surface area contributed by atoms with Crippen LogP contribution in [0.3, 0.4) is 0 Å². The summed E-state index contributed by atoms with van der Waals surface area (Å²) in [6.45, 7) is 0.592. The van der Waals surface area contributed by atoms with Crippen LogP contribution in [0.25, 0.3) is 0 Å². The number of likely N-dealkylation sites (tertiary alicyclic amines) is 1. The summed E-state index contributed by atoms with van der Waals surface area (Å²) in [5, 5.41) is 8.38. The van der Waals surface area contributed by atoms with Crippen LogP contribution in [0.4, 0.5) is 8.78 Å². The zero-order valence-electron chi connectivity index (χ0n) is 8.36. The number of hydrogen-bond donors (Lipinski definition) is 1. The fraction of sp³-hybridized carbons (Fsp3) is 0.889. The highest BCUT2D eigenvalue weighted by atomic mass is 19.3. The second-order valence-electron chi connectivity index (χ2n) is 3.60. The monoisotopic (exact) mass is 223 g/mol. The fourth-order valence-corrected chi connectivity index (χ4v) is 1.64. The molecule has 0 aliphatic carbocycles. The highest BCUT2D eigenvalue weighted by molar-refractivity contribution is 5.68. The SMILES string of the molecule is O=C(O)COC1CCN(CC(F)F)CC1. The number of carboxylic acids is 1. The molecule has 0 spiro atoms. The van der Waals surface area contributed by atoms with E-state index in [1.165, 1.54) is 0 Å². The highest BCUT2D eigenvalue weighted by Gasteiger charge is 2.22. The first-order chi connectivity index (χ1) is 7.08. The van der Waals surface area contributed by atoms with Crippen LogP contribution >= 0.6 is 0 Å². The molecule has 0 amide bonds. The lowest BCUT2D eigenvalue weighted by atomic mass is 10.1. The molecule has 0 atom stereocenters. The van der Waals surface area contributed by atoms with E-state index < -0.39 is 12.4 Å². The molecule has 1 aliphatic rings. The molecule has 1 rings (SSSR count). The minimum Gasteiger partial charge on any atom is -0.480 e. The summed E-state index contributed by atoms with van der Waals surface area (Å²) in [5.41, 5.74) is 0. The Morgan fingerprint density at radius 3 is 2.53 bits per heavy atom. The Morgan fingerprint density at radius 1 is 1.47 bits per heavy atom. The van der Waals surface area contributed by atoms with Gasteiger partial charge in [-0.1, -0.05) is 0 Å². The van der Waals surface area contributed by atoms with Crippen LogP contribution in [-0.2, 0) is 9.53 Å². The minimum absolute atomic E-state index is 0.102. The van der Waals surface area contributed by atoms with Crippen molar-refractivity contribution >= 4 is 5.97 Å². The Bertz CT molecular complexity index is 206. The molecule has 1 N–H and O–H groups in total. The van der Waals surface area contributed by atoms with Gasteiger partial charge in [-0.05, 0) is 12.8 Å². The minimum atomic E-state index is -2.30. The molecule has 88 valence electrons. The number of piperidine rings is 1. The highest BCUT2D eigenvalue weighted by Crippen LogP contribution is 2.14. The molecule has 4 nitrogen and oxygen atoms in total. The number of aliphatic carboxylic acids is 1.